The second-order valence-electron chi connectivity index (χ2n) is 6.03. The molecule has 0 radical (unpaired) electrons. The van der Waals surface area contributed by atoms with Crippen molar-refractivity contribution in [1.82, 2.24) is 15.2 Å². The van der Waals surface area contributed by atoms with Crippen molar-refractivity contribution in [3.63, 3.8) is 0 Å². The van der Waals surface area contributed by atoms with Gasteiger partial charge in [-0.25, -0.2) is 4.39 Å². The van der Waals surface area contributed by atoms with E-state index in [1.807, 2.05) is 12.1 Å². The molecule has 7 nitrogen and oxygen atoms in total. The number of amides is 1. The molecule has 3 heterocycles. The summed E-state index contributed by atoms with van der Waals surface area (Å²) in [5.41, 5.74) is 1.54. The van der Waals surface area contributed by atoms with Crippen LogP contribution in [-0.4, -0.2) is 47.3 Å². The summed E-state index contributed by atoms with van der Waals surface area (Å²) >= 11 is 1.33. The fourth-order valence-electron chi connectivity index (χ4n) is 2.88. The van der Waals surface area contributed by atoms with Crippen molar-refractivity contribution < 1.29 is 9.18 Å². The Labute approximate surface area is 159 Å². The number of pyridine rings is 1. The molecule has 1 N–H and O–H groups in total. The maximum Gasteiger partial charge on any atom is 0.257 e. The fourth-order valence-corrected chi connectivity index (χ4v) is 3.67. The lowest BCUT2D eigenvalue weighted by atomic mass is 10.2. The minimum absolute atomic E-state index is 0.333. The average molecular weight is 384 g/mol. The van der Waals surface area contributed by atoms with Crippen LogP contribution in [0.1, 0.15) is 10.4 Å². The molecule has 4 rings (SSSR count). The Balaban J connectivity index is 1.36. The molecule has 27 heavy (non-hydrogen) atoms. The van der Waals surface area contributed by atoms with Gasteiger partial charge in [0, 0.05) is 49.8 Å². The SMILES string of the molecule is O=C(Nc1nnc(N2CCN(c3ccncc3)CC2)s1)c1ccc(F)cc1. The average Bonchev–Trinajstić information content (AvgIpc) is 3.18. The number of piperazine rings is 1. The number of carbonyl (C=O) groups excluding carboxylic acids is 1. The number of rotatable bonds is 4. The summed E-state index contributed by atoms with van der Waals surface area (Å²) in [6, 6.07) is 9.38. The number of nitrogens with zero attached hydrogens (tertiary/aromatic N) is 5. The molecular formula is C18H17FN6OS. The Morgan fingerprint density at radius 3 is 2.33 bits per heavy atom. The Bertz CT molecular complexity index is 909. The summed E-state index contributed by atoms with van der Waals surface area (Å²) < 4.78 is 13.0. The lowest BCUT2D eigenvalue weighted by molar-refractivity contribution is 0.102. The molecule has 0 unspecified atom stereocenters. The number of halogens is 1. The second-order valence-corrected chi connectivity index (χ2v) is 6.99. The third kappa shape index (κ3) is 4.03. The number of hydrogen-bond donors (Lipinski definition) is 1. The van der Waals surface area contributed by atoms with Crippen molar-refractivity contribution in [3.8, 4) is 0 Å². The predicted molar refractivity (Wildman–Crippen MR) is 103 cm³/mol. The van der Waals surface area contributed by atoms with E-state index >= 15 is 0 Å². The fraction of sp³-hybridized carbons (Fsp3) is 0.222. The van der Waals surface area contributed by atoms with Crippen LogP contribution in [0.5, 0.6) is 0 Å². The lowest BCUT2D eigenvalue weighted by Gasteiger charge is -2.35. The molecule has 0 bridgehead atoms. The van der Waals surface area contributed by atoms with Gasteiger partial charge in [0.1, 0.15) is 5.82 Å². The highest BCUT2D eigenvalue weighted by molar-refractivity contribution is 7.19. The van der Waals surface area contributed by atoms with E-state index in [0.717, 1.165) is 37.0 Å². The number of aromatic nitrogens is 3. The highest BCUT2D eigenvalue weighted by Crippen LogP contribution is 2.26. The smallest absolute Gasteiger partial charge is 0.257 e. The van der Waals surface area contributed by atoms with Crippen molar-refractivity contribution in [2.45, 2.75) is 0 Å². The first kappa shape index (κ1) is 17.3. The topological polar surface area (TPSA) is 74.2 Å². The van der Waals surface area contributed by atoms with Crippen LogP contribution in [0.25, 0.3) is 0 Å². The monoisotopic (exact) mass is 384 g/mol. The van der Waals surface area contributed by atoms with Gasteiger partial charge in [0.05, 0.1) is 0 Å². The summed E-state index contributed by atoms with van der Waals surface area (Å²) in [5.74, 6) is -0.712. The van der Waals surface area contributed by atoms with E-state index in [9.17, 15) is 9.18 Å². The van der Waals surface area contributed by atoms with E-state index in [4.69, 9.17) is 0 Å². The lowest BCUT2D eigenvalue weighted by Crippen LogP contribution is -2.46. The van der Waals surface area contributed by atoms with Gasteiger partial charge in [0.25, 0.3) is 5.91 Å². The molecule has 1 fully saturated rings. The number of benzene rings is 1. The van der Waals surface area contributed by atoms with E-state index in [2.05, 4.69) is 30.3 Å². The van der Waals surface area contributed by atoms with Gasteiger partial charge >= 0.3 is 0 Å². The second kappa shape index (κ2) is 7.67. The largest absolute Gasteiger partial charge is 0.368 e. The quantitative estimate of drug-likeness (QED) is 0.746. The highest BCUT2D eigenvalue weighted by atomic mass is 32.1. The zero-order valence-electron chi connectivity index (χ0n) is 14.4. The van der Waals surface area contributed by atoms with Crippen LogP contribution in [0.4, 0.5) is 20.3 Å². The standard InChI is InChI=1S/C18H17FN6OS/c19-14-3-1-13(2-4-14)16(26)21-17-22-23-18(27-17)25-11-9-24(10-12-25)15-5-7-20-8-6-15/h1-8H,9-12H2,(H,21,22,26). The van der Waals surface area contributed by atoms with Gasteiger partial charge in [-0.2, -0.15) is 0 Å². The van der Waals surface area contributed by atoms with Crippen LogP contribution in [0.2, 0.25) is 0 Å². The third-order valence-corrected chi connectivity index (χ3v) is 5.22. The Morgan fingerprint density at radius 1 is 0.963 bits per heavy atom. The first-order valence-corrected chi connectivity index (χ1v) is 9.31. The molecule has 1 amide bonds. The first-order chi connectivity index (χ1) is 13.2. The molecule has 0 aliphatic carbocycles. The van der Waals surface area contributed by atoms with Gasteiger partial charge in [-0.3, -0.25) is 15.1 Å². The maximum atomic E-state index is 13.0. The molecule has 1 aliphatic rings. The van der Waals surface area contributed by atoms with Crippen molar-refractivity contribution in [1.29, 1.82) is 0 Å². The van der Waals surface area contributed by atoms with E-state index in [-0.39, 0.29) is 11.7 Å². The molecule has 1 aliphatic heterocycles. The van der Waals surface area contributed by atoms with E-state index in [1.54, 1.807) is 12.4 Å². The van der Waals surface area contributed by atoms with Crippen molar-refractivity contribution in [2.75, 3.05) is 41.3 Å². The Morgan fingerprint density at radius 2 is 1.63 bits per heavy atom. The van der Waals surface area contributed by atoms with Crippen LogP contribution < -0.4 is 15.1 Å². The molecule has 0 saturated carbocycles. The van der Waals surface area contributed by atoms with Crippen molar-refractivity contribution in [3.05, 3.63) is 60.2 Å². The molecule has 1 saturated heterocycles. The number of nitrogens with one attached hydrogen (secondary N) is 1. The molecule has 0 spiro atoms. The molecular weight excluding hydrogens is 367 g/mol. The third-order valence-electron chi connectivity index (χ3n) is 4.32. The minimum atomic E-state index is -0.379. The maximum absolute atomic E-state index is 13.0. The predicted octanol–water partition coefficient (Wildman–Crippen LogP) is 2.65. The molecule has 2 aromatic heterocycles. The summed E-state index contributed by atoms with van der Waals surface area (Å²) in [4.78, 5) is 20.7. The molecule has 9 heteroatoms. The minimum Gasteiger partial charge on any atom is -0.368 e. The normalized spacial score (nSPS) is 14.3. The van der Waals surface area contributed by atoms with Crippen LogP contribution in [0.3, 0.4) is 0 Å². The number of anilines is 3. The summed E-state index contributed by atoms with van der Waals surface area (Å²) in [5, 5.41) is 12.2. The van der Waals surface area contributed by atoms with E-state index in [1.165, 1.54) is 35.6 Å². The summed E-state index contributed by atoms with van der Waals surface area (Å²) in [7, 11) is 0. The molecule has 138 valence electrons. The van der Waals surface area contributed by atoms with Crippen molar-refractivity contribution >= 4 is 33.2 Å². The van der Waals surface area contributed by atoms with E-state index in [0.29, 0.717) is 10.7 Å². The first-order valence-electron chi connectivity index (χ1n) is 8.49. The van der Waals surface area contributed by atoms with Gasteiger partial charge in [-0.15, -0.1) is 10.2 Å². The zero-order valence-corrected chi connectivity index (χ0v) is 15.2. The van der Waals surface area contributed by atoms with Crippen molar-refractivity contribution in [2.24, 2.45) is 0 Å². The number of carbonyl (C=O) groups is 1. The van der Waals surface area contributed by atoms with Crippen LogP contribution in [-0.2, 0) is 0 Å². The molecule has 1 aromatic carbocycles. The molecule has 3 aromatic rings. The zero-order chi connectivity index (χ0) is 18.6. The van der Waals surface area contributed by atoms with Crippen LogP contribution >= 0.6 is 11.3 Å². The van der Waals surface area contributed by atoms with Gasteiger partial charge in [-0.05, 0) is 36.4 Å². The number of hydrogen-bond acceptors (Lipinski definition) is 7. The molecule has 0 atom stereocenters. The van der Waals surface area contributed by atoms with Gasteiger partial charge in [0.15, 0.2) is 0 Å². The summed E-state index contributed by atoms with van der Waals surface area (Å²) in [6.07, 6.45) is 3.59. The van der Waals surface area contributed by atoms with Gasteiger partial charge < -0.3 is 9.80 Å². The Hall–Kier alpha value is -3.07. The van der Waals surface area contributed by atoms with Crippen LogP contribution in [0.15, 0.2) is 48.8 Å². The van der Waals surface area contributed by atoms with Gasteiger partial charge in [-0.1, -0.05) is 11.3 Å². The highest BCUT2D eigenvalue weighted by Gasteiger charge is 2.21. The van der Waals surface area contributed by atoms with Crippen LogP contribution in [0, 0.1) is 5.82 Å². The van der Waals surface area contributed by atoms with Gasteiger partial charge in [0.2, 0.25) is 10.3 Å². The summed E-state index contributed by atoms with van der Waals surface area (Å²) in [6.45, 7) is 3.40. The van der Waals surface area contributed by atoms with E-state index < -0.39 is 0 Å². The Kier molecular flexibility index (Phi) is 4.93.